The van der Waals surface area contributed by atoms with E-state index < -0.39 is 7.73 Å². The highest BCUT2D eigenvalue weighted by Crippen LogP contribution is 2.44. The number of unbranched alkanes of at least 4 members (excludes halogenated alkanes) is 12. The van der Waals surface area contributed by atoms with Crippen LogP contribution < -0.4 is 9.05 Å². The molecule has 0 aliphatic rings. The minimum Gasteiger partial charge on any atom is -0.427 e. The van der Waals surface area contributed by atoms with Crippen molar-refractivity contribution in [3.63, 3.8) is 0 Å². The molecule has 34 heavy (non-hydrogen) atoms. The molecule has 0 aliphatic heterocycles. The Labute approximate surface area is 215 Å². The Hall–Kier alpha value is -1.24. The van der Waals surface area contributed by atoms with Crippen LogP contribution in [0.1, 0.15) is 115 Å². The van der Waals surface area contributed by atoms with Gasteiger partial charge in [0.05, 0.1) is 0 Å². The molecule has 0 heterocycles. The fourth-order valence-corrected chi connectivity index (χ4v) is 5.28. The van der Waals surface area contributed by atoms with Gasteiger partial charge < -0.3 is 9.05 Å². The summed E-state index contributed by atoms with van der Waals surface area (Å²) in [4.78, 5) is 0. The molecule has 0 radical (unpaired) electrons. The second-order valence-electron chi connectivity index (χ2n) is 9.43. The van der Waals surface area contributed by atoms with Crippen LogP contribution in [0.2, 0.25) is 0 Å². The van der Waals surface area contributed by atoms with Crippen LogP contribution >= 0.6 is 19.0 Å². The van der Waals surface area contributed by atoms with Crippen LogP contribution in [0, 0.1) is 0 Å². The van der Waals surface area contributed by atoms with Crippen molar-refractivity contribution in [1.82, 2.24) is 0 Å². The van der Waals surface area contributed by atoms with Gasteiger partial charge in [0.1, 0.15) is 11.5 Å². The summed E-state index contributed by atoms with van der Waals surface area (Å²) in [6, 6.07) is 16.6. The minimum atomic E-state index is -1.52. The highest BCUT2D eigenvalue weighted by Gasteiger charge is 2.11. The Balaban J connectivity index is 1.61. The number of benzene rings is 2. The van der Waals surface area contributed by atoms with Crippen LogP contribution in [0.3, 0.4) is 0 Å². The number of hydrogen-bond acceptors (Lipinski definition) is 2. The van der Waals surface area contributed by atoms with E-state index in [1.54, 1.807) is 0 Å². The average Bonchev–Trinajstić information content (AvgIpc) is 2.85. The number of hydrogen-bond donors (Lipinski definition) is 0. The first-order valence-electron chi connectivity index (χ1n) is 13.7. The maximum absolute atomic E-state index is 6.36. The van der Waals surface area contributed by atoms with Crippen molar-refractivity contribution in [1.29, 1.82) is 0 Å². The van der Waals surface area contributed by atoms with E-state index in [0.29, 0.717) is 0 Å². The third kappa shape index (κ3) is 13.6. The predicted octanol–water partition coefficient (Wildman–Crippen LogP) is 11.2. The SMILES string of the molecule is CCCCCCCCCc1ccc(OP(Cl)Oc2ccc(CCCCCCCCC)cc2)cc1. The molecule has 0 bridgehead atoms. The lowest BCUT2D eigenvalue weighted by Crippen LogP contribution is -1.92. The fourth-order valence-electron chi connectivity index (χ4n) is 4.19. The van der Waals surface area contributed by atoms with Crippen LogP contribution in [-0.4, -0.2) is 0 Å². The number of aryl methyl sites for hydroxylation is 2. The van der Waals surface area contributed by atoms with Gasteiger partial charge in [-0.1, -0.05) is 115 Å². The van der Waals surface area contributed by atoms with Crippen LogP contribution in [0.25, 0.3) is 0 Å². The summed E-state index contributed by atoms with van der Waals surface area (Å²) >= 11 is 6.36. The lowest BCUT2D eigenvalue weighted by Gasteiger charge is -2.13. The van der Waals surface area contributed by atoms with E-state index in [9.17, 15) is 0 Å². The van der Waals surface area contributed by atoms with Crippen molar-refractivity contribution in [2.45, 2.75) is 117 Å². The highest BCUT2D eigenvalue weighted by molar-refractivity contribution is 7.76. The topological polar surface area (TPSA) is 18.5 Å². The Morgan fingerprint density at radius 3 is 1.18 bits per heavy atom. The maximum atomic E-state index is 6.36. The van der Waals surface area contributed by atoms with Crippen molar-refractivity contribution in [2.24, 2.45) is 0 Å². The zero-order valence-electron chi connectivity index (χ0n) is 21.6. The van der Waals surface area contributed by atoms with Crippen molar-refractivity contribution < 1.29 is 9.05 Å². The van der Waals surface area contributed by atoms with Gasteiger partial charge in [0, 0.05) is 0 Å². The van der Waals surface area contributed by atoms with E-state index in [-0.39, 0.29) is 0 Å². The van der Waals surface area contributed by atoms with Crippen molar-refractivity contribution in [3.8, 4) is 11.5 Å². The molecule has 2 aromatic rings. The zero-order chi connectivity index (χ0) is 24.3. The molecule has 0 aromatic heterocycles. The average molecular weight is 505 g/mol. The van der Waals surface area contributed by atoms with Gasteiger partial charge in [-0.2, -0.15) is 0 Å². The standard InChI is InChI=1S/C30H46ClO2P/c1-3-5-7-9-11-13-15-17-27-19-23-29(24-20-27)32-34(31)33-30-25-21-28(22-26-30)18-16-14-12-10-8-6-4-2/h19-26H,3-18H2,1-2H3. The third-order valence-electron chi connectivity index (χ3n) is 6.34. The Kier molecular flexibility index (Phi) is 16.2. The summed E-state index contributed by atoms with van der Waals surface area (Å²) in [6.07, 6.45) is 21.0. The Morgan fingerprint density at radius 1 is 0.500 bits per heavy atom. The normalized spacial score (nSPS) is 11.2. The molecular weight excluding hydrogens is 459 g/mol. The summed E-state index contributed by atoms with van der Waals surface area (Å²) < 4.78 is 11.6. The van der Waals surface area contributed by atoms with Gasteiger partial charge in [-0.3, -0.25) is 0 Å². The van der Waals surface area contributed by atoms with Crippen LogP contribution in [0.4, 0.5) is 0 Å². The molecule has 190 valence electrons. The molecule has 0 saturated heterocycles. The van der Waals surface area contributed by atoms with Gasteiger partial charge in [-0.25, -0.2) is 0 Å². The molecule has 4 heteroatoms. The lowest BCUT2D eigenvalue weighted by atomic mass is 10.0. The first kappa shape index (κ1) is 29.0. The molecule has 0 saturated carbocycles. The lowest BCUT2D eigenvalue weighted by molar-refractivity contribution is 0.507. The zero-order valence-corrected chi connectivity index (χ0v) is 23.2. The summed E-state index contributed by atoms with van der Waals surface area (Å²) in [7, 11) is -1.52. The van der Waals surface area contributed by atoms with E-state index in [0.717, 1.165) is 24.3 Å². The predicted molar refractivity (Wildman–Crippen MR) is 150 cm³/mol. The van der Waals surface area contributed by atoms with E-state index in [2.05, 4.69) is 38.1 Å². The molecule has 0 unspecified atom stereocenters. The third-order valence-corrected chi connectivity index (χ3v) is 7.46. The first-order valence-corrected chi connectivity index (χ1v) is 15.8. The van der Waals surface area contributed by atoms with Gasteiger partial charge in [0.25, 0.3) is 0 Å². The van der Waals surface area contributed by atoms with Gasteiger partial charge in [-0.15, -0.1) is 0 Å². The molecule has 2 nitrogen and oxygen atoms in total. The molecule has 0 atom stereocenters. The molecule has 0 aliphatic carbocycles. The summed E-state index contributed by atoms with van der Waals surface area (Å²) in [5, 5.41) is 0. The van der Waals surface area contributed by atoms with E-state index in [1.165, 1.54) is 101 Å². The van der Waals surface area contributed by atoms with Crippen molar-refractivity contribution in [3.05, 3.63) is 59.7 Å². The van der Waals surface area contributed by atoms with Crippen LogP contribution in [0.5, 0.6) is 11.5 Å². The van der Waals surface area contributed by atoms with Gasteiger partial charge >= 0.3 is 7.73 Å². The molecule has 0 spiro atoms. The smallest absolute Gasteiger partial charge is 0.401 e. The molecule has 0 fully saturated rings. The molecular formula is C30H46ClO2P. The van der Waals surface area contributed by atoms with E-state index in [4.69, 9.17) is 20.3 Å². The monoisotopic (exact) mass is 504 g/mol. The first-order chi connectivity index (χ1) is 16.7. The van der Waals surface area contributed by atoms with Gasteiger partial charge in [0.2, 0.25) is 0 Å². The van der Waals surface area contributed by atoms with Gasteiger partial charge in [-0.05, 0) is 72.3 Å². The molecule has 2 aromatic carbocycles. The van der Waals surface area contributed by atoms with Gasteiger partial charge in [0.15, 0.2) is 0 Å². The largest absolute Gasteiger partial charge is 0.427 e. The molecule has 2 rings (SSSR count). The quantitative estimate of drug-likeness (QED) is 0.132. The fraction of sp³-hybridized carbons (Fsp3) is 0.600. The highest BCUT2D eigenvalue weighted by atomic mass is 35.7. The van der Waals surface area contributed by atoms with Crippen LogP contribution in [0.15, 0.2) is 48.5 Å². The number of halogens is 1. The number of rotatable bonds is 20. The Morgan fingerprint density at radius 2 is 0.824 bits per heavy atom. The second-order valence-corrected chi connectivity index (χ2v) is 11.0. The van der Waals surface area contributed by atoms with Crippen molar-refractivity contribution in [2.75, 3.05) is 0 Å². The summed E-state index contributed by atoms with van der Waals surface area (Å²) in [6.45, 7) is 4.53. The molecule has 0 amide bonds. The van der Waals surface area contributed by atoms with Crippen molar-refractivity contribution >= 4 is 19.0 Å². The summed E-state index contributed by atoms with van der Waals surface area (Å²) in [5.41, 5.74) is 2.72. The van der Waals surface area contributed by atoms with E-state index in [1.807, 2.05) is 24.3 Å². The molecule has 0 N–H and O–H groups in total. The van der Waals surface area contributed by atoms with Crippen LogP contribution in [-0.2, 0) is 12.8 Å². The maximum Gasteiger partial charge on any atom is 0.401 e. The summed E-state index contributed by atoms with van der Waals surface area (Å²) in [5.74, 6) is 1.53. The Bertz CT molecular complexity index is 669. The minimum absolute atomic E-state index is 0.764. The van der Waals surface area contributed by atoms with E-state index >= 15 is 0 Å². The second kappa shape index (κ2) is 19.0.